The summed E-state index contributed by atoms with van der Waals surface area (Å²) in [5, 5.41) is 12.0. The fourth-order valence-corrected chi connectivity index (χ4v) is 7.69. The van der Waals surface area contributed by atoms with Crippen LogP contribution in [0.2, 0.25) is 0 Å². The van der Waals surface area contributed by atoms with Crippen molar-refractivity contribution in [2.24, 2.45) is 0 Å². The molecule has 0 aromatic heterocycles. The predicted molar refractivity (Wildman–Crippen MR) is 221 cm³/mol. The molecule has 1 saturated heterocycles. The van der Waals surface area contributed by atoms with E-state index in [0.29, 0.717) is 17.5 Å². The molecule has 2 N–H and O–H groups in total. The van der Waals surface area contributed by atoms with Crippen LogP contribution in [-0.4, -0.2) is 41.7 Å². The smallest absolute Gasteiger partial charge is 0.257 e. The Morgan fingerprint density at radius 1 is 0.678 bits per heavy atom. The number of unbranched alkanes of at least 4 members (excludes halogenated alkanes) is 10. The van der Waals surface area contributed by atoms with Gasteiger partial charge >= 0.3 is 0 Å². The highest BCUT2D eigenvalue weighted by atomic mass is 19.2. The number of benzene rings is 4. The van der Waals surface area contributed by atoms with Crippen molar-refractivity contribution in [2.45, 2.75) is 129 Å². The van der Waals surface area contributed by atoms with Crippen LogP contribution < -0.4 is 5.32 Å². The summed E-state index contributed by atoms with van der Waals surface area (Å²) in [6.07, 6.45) is 14.5. The predicted octanol–water partition coefficient (Wildman–Crippen LogP) is 12.0. The molecule has 11 heteroatoms. The SMILES string of the molecule is CCCCCCCCN(CCCCCCCC)CC1CC(c2ccc(CO)cc2)OC(c2ccc(-c3ccccc3CNC(=O)c3c(F)c(F)c(F)c(F)c3F)cc2)O1. The monoisotopic (exact) mass is 822 g/mol. The summed E-state index contributed by atoms with van der Waals surface area (Å²) < 4.78 is 83.2. The van der Waals surface area contributed by atoms with E-state index in [2.05, 4.69) is 24.1 Å². The van der Waals surface area contributed by atoms with Gasteiger partial charge in [0, 0.05) is 25.1 Å². The lowest BCUT2D eigenvalue weighted by atomic mass is 9.97. The number of aliphatic hydroxyl groups is 1. The zero-order valence-corrected chi connectivity index (χ0v) is 34.4. The summed E-state index contributed by atoms with van der Waals surface area (Å²) in [6.45, 7) is 7.04. The number of carbonyl (C=O) groups is 1. The lowest BCUT2D eigenvalue weighted by Gasteiger charge is -2.38. The van der Waals surface area contributed by atoms with Crippen molar-refractivity contribution in [2.75, 3.05) is 19.6 Å². The van der Waals surface area contributed by atoms with Crippen molar-refractivity contribution in [3.63, 3.8) is 0 Å². The van der Waals surface area contributed by atoms with Gasteiger partial charge in [-0.05, 0) is 53.7 Å². The second-order valence-electron chi connectivity index (χ2n) is 15.6. The fraction of sp³-hybridized carbons (Fsp3) is 0.479. The molecule has 1 heterocycles. The normalized spacial score (nSPS) is 16.8. The van der Waals surface area contributed by atoms with Crippen LogP contribution in [0.15, 0.2) is 72.8 Å². The second-order valence-corrected chi connectivity index (χ2v) is 15.6. The molecule has 0 aliphatic carbocycles. The molecule has 0 radical (unpaired) electrons. The molecule has 1 fully saturated rings. The molecule has 0 spiro atoms. The molecule has 4 aromatic rings. The van der Waals surface area contributed by atoms with Crippen LogP contribution in [-0.2, 0) is 22.6 Å². The van der Waals surface area contributed by atoms with E-state index in [-0.39, 0.29) is 25.4 Å². The quantitative estimate of drug-likeness (QED) is 0.0337. The van der Waals surface area contributed by atoms with Crippen molar-refractivity contribution in [3.8, 4) is 11.1 Å². The summed E-state index contributed by atoms with van der Waals surface area (Å²) in [5.74, 6) is -12.5. The Morgan fingerprint density at radius 3 is 1.81 bits per heavy atom. The van der Waals surface area contributed by atoms with Crippen LogP contribution in [0.4, 0.5) is 22.0 Å². The minimum atomic E-state index is -2.33. The summed E-state index contributed by atoms with van der Waals surface area (Å²) >= 11 is 0. The molecule has 1 aliphatic heterocycles. The van der Waals surface area contributed by atoms with Crippen molar-refractivity contribution in [1.82, 2.24) is 10.2 Å². The van der Waals surface area contributed by atoms with Gasteiger partial charge in [0.1, 0.15) is 5.56 Å². The molecule has 4 aromatic carbocycles. The number of halogens is 5. The molecule has 59 heavy (non-hydrogen) atoms. The van der Waals surface area contributed by atoms with E-state index < -0.39 is 46.8 Å². The van der Waals surface area contributed by atoms with E-state index in [1.54, 1.807) is 18.2 Å². The number of hydrogen-bond donors (Lipinski definition) is 2. The first-order valence-corrected chi connectivity index (χ1v) is 21.4. The lowest BCUT2D eigenvalue weighted by Crippen LogP contribution is -2.40. The summed E-state index contributed by atoms with van der Waals surface area (Å²) in [5.41, 5.74) is 3.13. The van der Waals surface area contributed by atoms with Crippen LogP contribution in [0.1, 0.15) is 142 Å². The van der Waals surface area contributed by atoms with Crippen LogP contribution in [0, 0.1) is 29.1 Å². The zero-order valence-electron chi connectivity index (χ0n) is 34.4. The Kier molecular flexibility index (Phi) is 18.4. The summed E-state index contributed by atoms with van der Waals surface area (Å²) in [7, 11) is 0. The first kappa shape index (κ1) is 45.9. The average molecular weight is 823 g/mol. The molecule has 3 unspecified atom stereocenters. The number of hydrogen-bond acceptors (Lipinski definition) is 5. The highest BCUT2D eigenvalue weighted by Crippen LogP contribution is 2.39. The van der Waals surface area contributed by atoms with E-state index in [1.807, 2.05) is 54.6 Å². The van der Waals surface area contributed by atoms with E-state index in [1.165, 1.54) is 64.2 Å². The first-order chi connectivity index (χ1) is 28.6. The van der Waals surface area contributed by atoms with E-state index in [0.717, 1.165) is 54.7 Å². The van der Waals surface area contributed by atoms with Gasteiger partial charge in [0.25, 0.3) is 5.91 Å². The van der Waals surface area contributed by atoms with Gasteiger partial charge in [0.05, 0.1) is 18.8 Å². The number of carbonyl (C=O) groups excluding carboxylic acids is 1. The molecule has 0 saturated carbocycles. The van der Waals surface area contributed by atoms with Crippen molar-refractivity contribution >= 4 is 5.91 Å². The first-order valence-electron chi connectivity index (χ1n) is 21.4. The van der Waals surface area contributed by atoms with Crippen molar-refractivity contribution in [1.29, 1.82) is 0 Å². The van der Waals surface area contributed by atoms with Crippen molar-refractivity contribution < 1.29 is 41.3 Å². The molecule has 1 amide bonds. The topological polar surface area (TPSA) is 71.0 Å². The third kappa shape index (κ3) is 12.9. The molecule has 0 bridgehead atoms. The van der Waals surface area contributed by atoms with Gasteiger partial charge in [0.2, 0.25) is 5.82 Å². The molecule has 6 nitrogen and oxygen atoms in total. The van der Waals surface area contributed by atoms with Crippen LogP contribution in [0.5, 0.6) is 0 Å². The molecular weight excluding hydrogens is 764 g/mol. The van der Waals surface area contributed by atoms with Gasteiger partial charge in [-0.1, -0.05) is 151 Å². The minimum Gasteiger partial charge on any atom is -0.392 e. The lowest BCUT2D eigenvalue weighted by molar-refractivity contribution is -0.253. The number of nitrogens with zero attached hydrogens (tertiary/aromatic N) is 1. The number of nitrogens with one attached hydrogen (secondary N) is 1. The zero-order chi connectivity index (χ0) is 42.1. The Morgan fingerprint density at radius 2 is 1.22 bits per heavy atom. The van der Waals surface area contributed by atoms with Gasteiger partial charge in [-0.3, -0.25) is 4.79 Å². The number of rotatable bonds is 23. The van der Waals surface area contributed by atoms with E-state index in [9.17, 15) is 31.9 Å². The third-order valence-corrected chi connectivity index (χ3v) is 11.1. The highest BCUT2D eigenvalue weighted by molar-refractivity contribution is 5.95. The summed E-state index contributed by atoms with van der Waals surface area (Å²) in [6, 6.07) is 22.5. The number of ether oxygens (including phenoxy) is 2. The largest absolute Gasteiger partial charge is 0.392 e. The third-order valence-electron chi connectivity index (χ3n) is 11.1. The fourth-order valence-electron chi connectivity index (χ4n) is 7.69. The molecule has 320 valence electrons. The maximum absolute atomic E-state index is 14.3. The van der Waals surface area contributed by atoms with E-state index in [4.69, 9.17) is 9.47 Å². The maximum atomic E-state index is 14.3. The highest BCUT2D eigenvalue weighted by Gasteiger charge is 2.34. The Balaban J connectivity index is 1.32. The standard InChI is InChI=1S/C48H59F5N2O4/c1-3-5-7-9-11-15-27-55(28-16-12-10-8-6-4-2)31-38-29-40(35-21-19-33(32-56)20-22-35)59-48(58-38)36-25-23-34(24-26-36)39-18-14-13-17-37(39)30-54-47(57)41-42(49)44(51)46(53)45(52)43(41)50/h13-14,17-26,38,40,48,56H,3-12,15-16,27-32H2,1-2H3,(H,54,57). The molecule has 1 aliphatic rings. The van der Waals surface area contributed by atoms with Crippen molar-refractivity contribution in [3.05, 3.63) is 130 Å². The average Bonchev–Trinajstić information content (AvgIpc) is 3.26. The van der Waals surface area contributed by atoms with Gasteiger partial charge in [-0.2, -0.15) is 0 Å². The van der Waals surface area contributed by atoms with E-state index >= 15 is 0 Å². The second kappa shape index (κ2) is 23.6. The Labute approximate surface area is 346 Å². The van der Waals surface area contributed by atoms with Crippen LogP contribution >= 0.6 is 0 Å². The minimum absolute atomic E-state index is 0.0425. The van der Waals surface area contributed by atoms with Gasteiger partial charge in [0.15, 0.2) is 29.6 Å². The Hall–Kier alpha value is -4.16. The number of aliphatic hydroxyl groups excluding tert-OH is 1. The summed E-state index contributed by atoms with van der Waals surface area (Å²) in [4.78, 5) is 15.3. The maximum Gasteiger partial charge on any atom is 0.257 e. The van der Waals surface area contributed by atoms with Gasteiger partial charge in [-0.15, -0.1) is 0 Å². The van der Waals surface area contributed by atoms with Crippen LogP contribution in [0.3, 0.4) is 0 Å². The molecule has 3 atom stereocenters. The van der Waals surface area contributed by atoms with Gasteiger partial charge < -0.3 is 24.8 Å². The Bertz CT molecular complexity index is 1860. The van der Waals surface area contributed by atoms with Gasteiger partial charge in [-0.25, -0.2) is 22.0 Å². The molecular formula is C48H59F5N2O4. The van der Waals surface area contributed by atoms with Crippen LogP contribution in [0.25, 0.3) is 11.1 Å². The number of amides is 1. The molecule has 5 rings (SSSR count).